The molecule has 0 aliphatic heterocycles. The number of hydrogen-bond acceptors (Lipinski definition) is 3. The van der Waals surface area contributed by atoms with E-state index < -0.39 is 16.6 Å². The fourth-order valence-electron chi connectivity index (χ4n) is 8.34. The quantitative estimate of drug-likeness (QED) is 0.137. The largest absolute Gasteiger partial charge is 0.407 e. The number of rotatable bonds is 10. The van der Waals surface area contributed by atoms with E-state index in [0.717, 1.165) is 12.8 Å². The van der Waals surface area contributed by atoms with Gasteiger partial charge in [-0.2, -0.15) is 0 Å². The standard InChI is InChI=1S/C43H52O2SSi2/c1-33-39-29-43(30-40(39)34(2)46-33,31-44-47(41(3,4)5,35-21-13-9-14-22-35)36-23-15-10-16-24-36)32-45-48(42(6,7)8,37-25-17-11-18-26-37)38-27-19-12-20-28-38/h9-28H,29-32H2,1-8H3. The smallest absolute Gasteiger partial charge is 0.261 e. The molecule has 0 N–H and O–H groups in total. The van der Waals surface area contributed by atoms with E-state index in [2.05, 4.69) is 177 Å². The van der Waals surface area contributed by atoms with E-state index in [4.69, 9.17) is 8.85 Å². The van der Waals surface area contributed by atoms with Crippen molar-refractivity contribution in [3.05, 3.63) is 142 Å². The van der Waals surface area contributed by atoms with Gasteiger partial charge in [0, 0.05) is 28.4 Å². The molecule has 0 amide bonds. The Morgan fingerprint density at radius 3 is 1.02 bits per heavy atom. The van der Waals surface area contributed by atoms with Gasteiger partial charge in [-0.05, 0) is 68.6 Å². The summed E-state index contributed by atoms with van der Waals surface area (Å²) in [5.41, 5.74) is 2.86. The fraction of sp³-hybridized carbons (Fsp3) is 0.349. The molecule has 0 bridgehead atoms. The van der Waals surface area contributed by atoms with Crippen molar-refractivity contribution in [3.8, 4) is 0 Å². The maximum atomic E-state index is 7.77. The second-order valence-electron chi connectivity index (χ2n) is 15.9. The minimum atomic E-state index is -2.76. The van der Waals surface area contributed by atoms with Gasteiger partial charge >= 0.3 is 0 Å². The van der Waals surface area contributed by atoms with Gasteiger partial charge in [-0.1, -0.05) is 163 Å². The van der Waals surface area contributed by atoms with Crippen LogP contribution in [-0.4, -0.2) is 29.8 Å². The van der Waals surface area contributed by atoms with Crippen LogP contribution in [0.2, 0.25) is 10.1 Å². The number of benzene rings is 4. The van der Waals surface area contributed by atoms with Crippen LogP contribution < -0.4 is 20.7 Å². The van der Waals surface area contributed by atoms with Crippen LogP contribution in [0.1, 0.15) is 62.4 Å². The first kappa shape index (κ1) is 34.8. The van der Waals surface area contributed by atoms with E-state index >= 15 is 0 Å². The molecule has 0 saturated carbocycles. The average Bonchev–Trinajstić information content (AvgIpc) is 3.58. The molecule has 1 aromatic heterocycles. The van der Waals surface area contributed by atoms with Crippen molar-refractivity contribution in [2.45, 2.75) is 78.3 Å². The van der Waals surface area contributed by atoms with Crippen LogP contribution in [0.25, 0.3) is 0 Å². The van der Waals surface area contributed by atoms with Crippen LogP contribution in [0, 0.1) is 19.3 Å². The lowest BCUT2D eigenvalue weighted by atomic mass is 9.86. The number of thiophene rings is 1. The van der Waals surface area contributed by atoms with Gasteiger partial charge in [-0.3, -0.25) is 0 Å². The van der Waals surface area contributed by atoms with Crippen LogP contribution in [0.5, 0.6) is 0 Å². The van der Waals surface area contributed by atoms with E-state index in [1.807, 2.05) is 11.3 Å². The molecule has 0 spiro atoms. The highest BCUT2D eigenvalue weighted by molar-refractivity contribution is 7.12. The molecule has 2 nitrogen and oxygen atoms in total. The van der Waals surface area contributed by atoms with Gasteiger partial charge in [0.15, 0.2) is 0 Å². The highest BCUT2D eigenvalue weighted by Gasteiger charge is 2.55. The van der Waals surface area contributed by atoms with E-state index in [0.29, 0.717) is 13.2 Å². The molecule has 250 valence electrons. The van der Waals surface area contributed by atoms with Crippen LogP contribution in [0.15, 0.2) is 121 Å². The lowest BCUT2D eigenvalue weighted by Crippen LogP contribution is -2.68. The van der Waals surface area contributed by atoms with Crippen LogP contribution in [0.3, 0.4) is 0 Å². The summed E-state index contributed by atoms with van der Waals surface area (Å²) in [6.45, 7) is 20.2. The second-order valence-corrected chi connectivity index (χ2v) is 26.0. The molecule has 0 unspecified atom stereocenters. The molecular weight excluding hydrogens is 637 g/mol. The zero-order chi connectivity index (χ0) is 34.2. The third kappa shape index (κ3) is 6.13. The first-order valence-electron chi connectivity index (χ1n) is 17.4. The van der Waals surface area contributed by atoms with Crippen LogP contribution >= 0.6 is 11.3 Å². The Hall–Kier alpha value is -3.07. The molecule has 1 heterocycles. The Morgan fingerprint density at radius 1 is 0.500 bits per heavy atom. The van der Waals surface area contributed by atoms with Crippen molar-refractivity contribution in [2.24, 2.45) is 5.41 Å². The lowest BCUT2D eigenvalue weighted by Gasteiger charge is -2.47. The summed E-state index contributed by atoms with van der Waals surface area (Å²) in [7, 11) is -5.51. The van der Waals surface area contributed by atoms with E-state index in [1.165, 1.54) is 41.6 Å². The molecule has 5 heteroatoms. The summed E-state index contributed by atoms with van der Waals surface area (Å²) >= 11 is 1.95. The Balaban J connectivity index is 1.48. The molecule has 0 fully saturated rings. The first-order valence-corrected chi connectivity index (χ1v) is 22.0. The molecule has 1 aliphatic rings. The molecule has 0 atom stereocenters. The summed E-state index contributed by atoms with van der Waals surface area (Å²) in [6.07, 6.45) is 1.96. The second kappa shape index (κ2) is 13.3. The maximum absolute atomic E-state index is 7.77. The lowest BCUT2D eigenvalue weighted by molar-refractivity contribution is 0.0771. The third-order valence-corrected chi connectivity index (χ3v) is 21.7. The van der Waals surface area contributed by atoms with Crippen molar-refractivity contribution in [1.29, 1.82) is 0 Å². The highest BCUT2D eigenvalue weighted by Crippen LogP contribution is 2.47. The SMILES string of the molecule is Cc1sc(C)c2c1CC(CO[Si](c1ccccc1)(c1ccccc1)C(C)(C)C)(CO[Si](c1ccccc1)(c1ccccc1)C(C)(C)C)C2. The average molecular weight is 689 g/mol. The summed E-state index contributed by atoms with van der Waals surface area (Å²) in [5.74, 6) is 0. The number of hydrogen-bond donors (Lipinski definition) is 0. The Kier molecular flexibility index (Phi) is 9.66. The van der Waals surface area contributed by atoms with E-state index in [9.17, 15) is 0 Å². The first-order chi connectivity index (χ1) is 22.8. The molecule has 4 aromatic carbocycles. The molecule has 5 aromatic rings. The van der Waals surface area contributed by atoms with Crippen LogP contribution in [-0.2, 0) is 21.7 Å². The molecular formula is C43H52O2SSi2. The topological polar surface area (TPSA) is 18.5 Å². The monoisotopic (exact) mass is 688 g/mol. The third-order valence-electron chi connectivity index (χ3n) is 10.6. The zero-order valence-electron chi connectivity index (χ0n) is 30.1. The Labute approximate surface area is 295 Å². The zero-order valence-corrected chi connectivity index (χ0v) is 32.9. The normalized spacial score (nSPS) is 15.0. The summed E-state index contributed by atoms with van der Waals surface area (Å²) in [5, 5.41) is 5.12. The predicted octanol–water partition coefficient (Wildman–Crippen LogP) is 8.60. The summed E-state index contributed by atoms with van der Waals surface area (Å²) < 4.78 is 15.5. The summed E-state index contributed by atoms with van der Waals surface area (Å²) in [4.78, 5) is 2.89. The van der Waals surface area contributed by atoms with Gasteiger partial charge in [0.2, 0.25) is 0 Å². The van der Waals surface area contributed by atoms with E-state index in [-0.39, 0.29) is 15.5 Å². The fourth-order valence-corrected chi connectivity index (χ4v) is 18.8. The Bertz CT molecular complexity index is 1590. The minimum Gasteiger partial charge on any atom is -0.407 e. The highest BCUT2D eigenvalue weighted by atomic mass is 32.1. The van der Waals surface area contributed by atoms with Crippen molar-refractivity contribution in [1.82, 2.24) is 0 Å². The van der Waals surface area contributed by atoms with Gasteiger partial charge in [0.1, 0.15) is 0 Å². The Morgan fingerprint density at radius 2 is 0.771 bits per heavy atom. The number of aryl methyl sites for hydroxylation is 2. The van der Waals surface area contributed by atoms with Gasteiger partial charge in [-0.15, -0.1) is 11.3 Å². The van der Waals surface area contributed by atoms with Gasteiger partial charge in [-0.25, -0.2) is 0 Å². The van der Waals surface area contributed by atoms with Crippen molar-refractivity contribution in [2.75, 3.05) is 13.2 Å². The van der Waals surface area contributed by atoms with Gasteiger partial charge in [0.05, 0.1) is 0 Å². The molecule has 6 rings (SSSR count). The molecule has 0 saturated heterocycles. The molecule has 0 radical (unpaired) electrons. The van der Waals surface area contributed by atoms with Gasteiger partial charge < -0.3 is 8.85 Å². The molecule has 1 aliphatic carbocycles. The molecule has 48 heavy (non-hydrogen) atoms. The van der Waals surface area contributed by atoms with Crippen molar-refractivity contribution < 1.29 is 8.85 Å². The predicted molar refractivity (Wildman–Crippen MR) is 211 cm³/mol. The van der Waals surface area contributed by atoms with Crippen molar-refractivity contribution >= 4 is 48.7 Å². The minimum absolute atomic E-state index is 0.0928. The van der Waals surface area contributed by atoms with E-state index in [1.54, 1.807) is 0 Å². The van der Waals surface area contributed by atoms with Crippen molar-refractivity contribution in [3.63, 3.8) is 0 Å². The summed E-state index contributed by atoms with van der Waals surface area (Å²) in [6, 6.07) is 44.3. The maximum Gasteiger partial charge on any atom is 0.261 e. The number of fused-ring (bicyclic) bond motifs is 1. The van der Waals surface area contributed by atoms with Crippen LogP contribution in [0.4, 0.5) is 0 Å². The van der Waals surface area contributed by atoms with Gasteiger partial charge in [0.25, 0.3) is 16.6 Å².